The van der Waals surface area contributed by atoms with E-state index in [1.54, 1.807) is 6.07 Å². The molecule has 0 unspecified atom stereocenters. The number of nitrogens with one attached hydrogen (secondary N) is 1. The first kappa shape index (κ1) is 19.5. The van der Waals surface area contributed by atoms with E-state index in [1.165, 1.54) is 11.8 Å². The molecule has 1 aliphatic carbocycles. The van der Waals surface area contributed by atoms with E-state index < -0.39 is 0 Å². The number of nitrogens with zero attached hydrogens (tertiary/aromatic N) is 3. The third-order valence-corrected chi connectivity index (χ3v) is 6.63. The maximum Gasteiger partial charge on any atom is 0.274 e. The molecule has 5 nitrogen and oxygen atoms in total. The summed E-state index contributed by atoms with van der Waals surface area (Å²) in [6.45, 7) is 4.94. The molecule has 1 atom stereocenters. The van der Waals surface area contributed by atoms with Crippen LogP contribution in [0.5, 0.6) is 0 Å². The van der Waals surface area contributed by atoms with Gasteiger partial charge in [0.1, 0.15) is 5.82 Å². The van der Waals surface area contributed by atoms with E-state index in [4.69, 9.17) is 0 Å². The molecule has 1 amide bonds. The van der Waals surface area contributed by atoms with Gasteiger partial charge in [-0.15, -0.1) is 0 Å². The monoisotopic (exact) mass is 402 g/mol. The Labute approximate surface area is 169 Å². The zero-order chi connectivity index (χ0) is 19.5. The van der Waals surface area contributed by atoms with E-state index in [2.05, 4.69) is 17.3 Å². The standard InChI is InChI=1S/C21H27FN4OS/c1-2-26-19-8-7-16(23-14-15-5-3-4-6-18(15)22)13-17(19)20(24-26)21(27)25-9-11-28-12-10-25/h3-6,16,23H,2,7-14H2,1H3/t16-/m0/s1. The normalized spacial score (nSPS) is 19.5. The lowest BCUT2D eigenvalue weighted by molar-refractivity contribution is 0.0764. The van der Waals surface area contributed by atoms with Crippen molar-refractivity contribution in [2.24, 2.45) is 0 Å². The molecule has 150 valence electrons. The Kier molecular flexibility index (Phi) is 6.01. The number of halogens is 1. The molecule has 0 saturated carbocycles. The van der Waals surface area contributed by atoms with Crippen LogP contribution in [0.25, 0.3) is 0 Å². The van der Waals surface area contributed by atoms with Crippen molar-refractivity contribution in [3.63, 3.8) is 0 Å². The number of fused-ring (bicyclic) bond motifs is 1. The van der Waals surface area contributed by atoms with E-state index in [0.29, 0.717) is 17.8 Å². The van der Waals surface area contributed by atoms with Crippen LogP contribution < -0.4 is 5.32 Å². The van der Waals surface area contributed by atoms with E-state index in [0.717, 1.165) is 56.0 Å². The number of rotatable bonds is 5. The van der Waals surface area contributed by atoms with Gasteiger partial charge in [0.2, 0.25) is 0 Å². The Morgan fingerprint density at radius 1 is 1.32 bits per heavy atom. The molecule has 1 N–H and O–H groups in total. The van der Waals surface area contributed by atoms with Crippen LogP contribution in [0.3, 0.4) is 0 Å². The minimum absolute atomic E-state index is 0.0681. The van der Waals surface area contributed by atoms with Crippen LogP contribution in [-0.4, -0.2) is 51.2 Å². The van der Waals surface area contributed by atoms with Crippen LogP contribution in [0.2, 0.25) is 0 Å². The molecule has 2 aromatic rings. The van der Waals surface area contributed by atoms with Gasteiger partial charge in [0, 0.05) is 60.5 Å². The number of thioether (sulfide) groups is 1. The Morgan fingerprint density at radius 2 is 2.11 bits per heavy atom. The molecular weight excluding hydrogens is 375 g/mol. The van der Waals surface area contributed by atoms with E-state index in [1.807, 2.05) is 33.5 Å². The van der Waals surface area contributed by atoms with Crippen LogP contribution in [0.1, 0.15) is 40.7 Å². The van der Waals surface area contributed by atoms with Crippen LogP contribution in [0.15, 0.2) is 24.3 Å². The van der Waals surface area contributed by atoms with Gasteiger partial charge in [0.15, 0.2) is 5.69 Å². The first-order valence-electron chi connectivity index (χ1n) is 10.1. The molecule has 0 radical (unpaired) electrons. The number of benzene rings is 1. The second kappa shape index (κ2) is 8.66. The lowest BCUT2D eigenvalue weighted by Gasteiger charge is -2.27. The van der Waals surface area contributed by atoms with Crippen molar-refractivity contribution >= 4 is 17.7 Å². The highest BCUT2D eigenvalue weighted by atomic mass is 32.2. The fourth-order valence-corrected chi connectivity index (χ4v) is 5.01. The third kappa shape index (κ3) is 3.96. The Balaban J connectivity index is 1.51. The van der Waals surface area contributed by atoms with Crippen LogP contribution in [0.4, 0.5) is 4.39 Å². The van der Waals surface area contributed by atoms with Crippen molar-refractivity contribution in [1.82, 2.24) is 20.0 Å². The van der Waals surface area contributed by atoms with Crippen LogP contribution in [0, 0.1) is 5.82 Å². The molecule has 0 bridgehead atoms. The third-order valence-electron chi connectivity index (χ3n) is 5.69. The minimum atomic E-state index is -0.177. The number of carbonyl (C=O) groups is 1. The van der Waals surface area contributed by atoms with E-state index in [-0.39, 0.29) is 17.8 Å². The fourth-order valence-electron chi connectivity index (χ4n) is 4.11. The summed E-state index contributed by atoms with van der Waals surface area (Å²) in [4.78, 5) is 15.0. The molecule has 4 rings (SSSR count). The predicted octanol–water partition coefficient (Wildman–Crippen LogP) is 2.88. The van der Waals surface area contributed by atoms with Crippen molar-refractivity contribution in [3.05, 3.63) is 52.6 Å². The topological polar surface area (TPSA) is 50.2 Å². The second-order valence-electron chi connectivity index (χ2n) is 7.41. The maximum absolute atomic E-state index is 13.9. The molecule has 2 heterocycles. The number of hydrogen-bond donors (Lipinski definition) is 1. The van der Waals surface area contributed by atoms with Gasteiger partial charge in [-0.1, -0.05) is 18.2 Å². The molecule has 7 heteroatoms. The maximum atomic E-state index is 13.9. The van der Waals surface area contributed by atoms with Crippen molar-refractivity contribution in [1.29, 1.82) is 0 Å². The lowest BCUT2D eigenvalue weighted by atomic mass is 9.91. The van der Waals surface area contributed by atoms with Gasteiger partial charge in [-0.2, -0.15) is 16.9 Å². The van der Waals surface area contributed by atoms with Crippen LogP contribution in [-0.2, 0) is 25.9 Å². The largest absolute Gasteiger partial charge is 0.336 e. The predicted molar refractivity (Wildman–Crippen MR) is 110 cm³/mol. The highest BCUT2D eigenvalue weighted by Gasteiger charge is 2.31. The molecule has 0 spiro atoms. The number of aromatic nitrogens is 2. The lowest BCUT2D eigenvalue weighted by Crippen LogP contribution is -2.39. The van der Waals surface area contributed by atoms with Crippen LogP contribution >= 0.6 is 11.8 Å². The molecule has 1 saturated heterocycles. The first-order chi connectivity index (χ1) is 13.7. The second-order valence-corrected chi connectivity index (χ2v) is 8.63. The van der Waals surface area contributed by atoms with Crippen molar-refractivity contribution in [2.75, 3.05) is 24.6 Å². The van der Waals surface area contributed by atoms with Gasteiger partial charge in [0.25, 0.3) is 5.91 Å². The highest BCUT2D eigenvalue weighted by Crippen LogP contribution is 2.27. The van der Waals surface area contributed by atoms with Crippen molar-refractivity contribution < 1.29 is 9.18 Å². The highest BCUT2D eigenvalue weighted by molar-refractivity contribution is 7.99. The Hall–Kier alpha value is -1.86. The summed E-state index contributed by atoms with van der Waals surface area (Å²) in [5, 5.41) is 8.17. The average Bonchev–Trinajstić information content (AvgIpc) is 3.11. The SMILES string of the molecule is CCn1nc(C(=O)N2CCSCC2)c2c1CC[C@H](NCc1ccccc1F)C2. The van der Waals surface area contributed by atoms with Gasteiger partial charge < -0.3 is 10.2 Å². The summed E-state index contributed by atoms with van der Waals surface area (Å²) in [5.74, 6) is 1.88. The van der Waals surface area contributed by atoms with E-state index >= 15 is 0 Å². The summed E-state index contributed by atoms with van der Waals surface area (Å²) in [5.41, 5.74) is 3.59. The van der Waals surface area contributed by atoms with E-state index in [9.17, 15) is 9.18 Å². The summed E-state index contributed by atoms with van der Waals surface area (Å²) < 4.78 is 15.9. The molecule has 1 aliphatic heterocycles. The molecule has 2 aliphatic rings. The van der Waals surface area contributed by atoms with Gasteiger partial charge >= 0.3 is 0 Å². The minimum Gasteiger partial charge on any atom is -0.336 e. The van der Waals surface area contributed by atoms with Gasteiger partial charge in [-0.25, -0.2) is 4.39 Å². The number of hydrogen-bond acceptors (Lipinski definition) is 4. The molecule has 1 aromatic carbocycles. The Bertz CT molecular complexity index is 847. The summed E-state index contributed by atoms with van der Waals surface area (Å²) in [7, 11) is 0. The summed E-state index contributed by atoms with van der Waals surface area (Å²) in [6.07, 6.45) is 2.64. The van der Waals surface area contributed by atoms with Gasteiger partial charge in [-0.3, -0.25) is 9.48 Å². The Morgan fingerprint density at radius 3 is 2.86 bits per heavy atom. The molecule has 1 fully saturated rings. The quantitative estimate of drug-likeness (QED) is 0.836. The van der Waals surface area contributed by atoms with Gasteiger partial charge in [-0.05, 0) is 32.3 Å². The number of amides is 1. The zero-order valence-electron chi connectivity index (χ0n) is 16.3. The first-order valence-corrected chi connectivity index (χ1v) is 11.2. The number of carbonyl (C=O) groups excluding carboxylic acids is 1. The molecular formula is C21H27FN4OS. The summed E-state index contributed by atoms with van der Waals surface area (Å²) in [6, 6.07) is 7.11. The zero-order valence-corrected chi connectivity index (χ0v) is 17.1. The summed E-state index contributed by atoms with van der Waals surface area (Å²) >= 11 is 1.90. The average molecular weight is 403 g/mol. The van der Waals surface area contributed by atoms with Crippen molar-refractivity contribution in [2.45, 2.75) is 45.3 Å². The molecule has 28 heavy (non-hydrogen) atoms. The number of aryl methyl sites for hydroxylation is 1. The van der Waals surface area contributed by atoms with Gasteiger partial charge in [0.05, 0.1) is 0 Å². The molecule has 1 aromatic heterocycles. The fraction of sp³-hybridized carbons (Fsp3) is 0.524. The smallest absolute Gasteiger partial charge is 0.274 e. The van der Waals surface area contributed by atoms with Crippen molar-refractivity contribution in [3.8, 4) is 0 Å².